The average Bonchev–Trinajstić information content (AvgIpc) is 2.36. The van der Waals surface area contributed by atoms with E-state index in [1.165, 1.54) is 12.1 Å². The first-order valence-electron chi connectivity index (χ1n) is 7.36. The van der Waals surface area contributed by atoms with Crippen LogP contribution in [0.2, 0.25) is 0 Å². The topological polar surface area (TPSA) is 21.3 Å². The van der Waals surface area contributed by atoms with Gasteiger partial charge in [0.25, 0.3) is 0 Å². The third-order valence-corrected chi connectivity index (χ3v) is 3.82. The summed E-state index contributed by atoms with van der Waals surface area (Å²) < 4.78 is 32.7. The van der Waals surface area contributed by atoms with Crippen LogP contribution in [-0.4, -0.2) is 18.7 Å². The summed E-state index contributed by atoms with van der Waals surface area (Å²) in [7, 11) is 0. The highest BCUT2D eigenvalue weighted by molar-refractivity contribution is 5.26. The lowest BCUT2D eigenvalue weighted by atomic mass is 9.77. The van der Waals surface area contributed by atoms with E-state index >= 15 is 0 Å². The fourth-order valence-electron chi connectivity index (χ4n) is 2.48. The second kappa shape index (κ2) is 6.53. The predicted molar refractivity (Wildman–Crippen MR) is 75.9 cm³/mol. The molecule has 0 aliphatic heterocycles. The van der Waals surface area contributed by atoms with Gasteiger partial charge in [-0.05, 0) is 56.8 Å². The molecule has 0 radical (unpaired) electrons. The van der Waals surface area contributed by atoms with Crippen LogP contribution in [0.1, 0.15) is 39.5 Å². The van der Waals surface area contributed by atoms with Crippen molar-refractivity contribution in [3.63, 3.8) is 0 Å². The highest BCUT2D eigenvalue weighted by atomic mass is 19.2. The second-order valence-corrected chi connectivity index (χ2v) is 6.04. The van der Waals surface area contributed by atoms with Crippen LogP contribution in [-0.2, 0) is 0 Å². The maximum absolute atomic E-state index is 13.7. The number of halogens is 2. The van der Waals surface area contributed by atoms with E-state index in [0.717, 1.165) is 44.8 Å². The molecule has 1 saturated carbocycles. The normalized spacial score (nSPS) is 17.1. The Morgan fingerprint density at radius 3 is 2.65 bits per heavy atom. The third kappa shape index (κ3) is 3.69. The highest BCUT2D eigenvalue weighted by Gasteiger charge is 2.39. The van der Waals surface area contributed by atoms with Gasteiger partial charge in [0.2, 0.25) is 5.82 Å². The number of ether oxygens (including phenoxy) is 1. The molecule has 0 bridgehead atoms. The molecule has 0 spiro atoms. The van der Waals surface area contributed by atoms with Crippen LogP contribution < -0.4 is 10.1 Å². The van der Waals surface area contributed by atoms with Crippen LogP contribution in [0.3, 0.4) is 0 Å². The molecule has 1 aromatic carbocycles. The van der Waals surface area contributed by atoms with Gasteiger partial charge in [-0.3, -0.25) is 0 Å². The SMILES string of the molecule is CC(C)CNCCC1(Oc2cccc(F)c2F)CCC1. The molecule has 0 amide bonds. The van der Waals surface area contributed by atoms with Gasteiger partial charge in [0.15, 0.2) is 11.6 Å². The van der Waals surface area contributed by atoms with Crippen molar-refractivity contribution < 1.29 is 13.5 Å². The van der Waals surface area contributed by atoms with Crippen LogP contribution in [0.25, 0.3) is 0 Å². The van der Waals surface area contributed by atoms with E-state index in [9.17, 15) is 8.78 Å². The molecule has 112 valence electrons. The summed E-state index contributed by atoms with van der Waals surface area (Å²) in [5, 5.41) is 3.37. The Labute approximate surface area is 119 Å². The van der Waals surface area contributed by atoms with Gasteiger partial charge in [0.1, 0.15) is 5.60 Å². The minimum Gasteiger partial charge on any atom is -0.484 e. The van der Waals surface area contributed by atoms with Crippen LogP contribution in [0.4, 0.5) is 8.78 Å². The summed E-state index contributed by atoms with van der Waals surface area (Å²) in [6.45, 7) is 6.12. The number of rotatable bonds is 7. The number of nitrogens with one attached hydrogen (secondary N) is 1. The highest BCUT2D eigenvalue weighted by Crippen LogP contribution is 2.40. The van der Waals surface area contributed by atoms with Crippen LogP contribution in [0.5, 0.6) is 5.75 Å². The Morgan fingerprint density at radius 1 is 1.30 bits per heavy atom. The zero-order valence-electron chi connectivity index (χ0n) is 12.2. The predicted octanol–water partition coefficient (Wildman–Crippen LogP) is 3.90. The molecule has 1 fully saturated rings. The van der Waals surface area contributed by atoms with Crippen molar-refractivity contribution in [3.05, 3.63) is 29.8 Å². The van der Waals surface area contributed by atoms with Gasteiger partial charge in [-0.15, -0.1) is 0 Å². The number of hydrogen-bond donors (Lipinski definition) is 1. The van der Waals surface area contributed by atoms with Crippen molar-refractivity contribution in [1.29, 1.82) is 0 Å². The monoisotopic (exact) mass is 283 g/mol. The van der Waals surface area contributed by atoms with Crippen LogP contribution in [0, 0.1) is 17.6 Å². The van der Waals surface area contributed by atoms with Gasteiger partial charge >= 0.3 is 0 Å². The van der Waals surface area contributed by atoms with E-state index in [1.54, 1.807) is 0 Å². The third-order valence-electron chi connectivity index (χ3n) is 3.82. The van der Waals surface area contributed by atoms with E-state index in [1.807, 2.05) is 0 Å². The molecule has 1 N–H and O–H groups in total. The van der Waals surface area contributed by atoms with E-state index in [0.29, 0.717) is 5.92 Å². The molecule has 1 aromatic rings. The van der Waals surface area contributed by atoms with Crippen molar-refractivity contribution in [1.82, 2.24) is 5.32 Å². The molecule has 0 unspecified atom stereocenters. The molecular weight excluding hydrogens is 260 g/mol. The van der Waals surface area contributed by atoms with E-state index in [-0.39, 0.29) is 11.4 Å². The lowest BCUT2D eigenvalue weighted by Gasteiger charge is -2.42. The summed E-state index contributed by atoms with van der Waals surface area (Å²) in [6.07, 6.45) is 3.73. The maximum atomic E-state index is 13.7. The summed E-state index contributed by atoms with van der Waals surface area (Å²) in [4.78, 5) is 0. The van der Waals surface area contributed by atoms with E-state index < -0.39 is 11.6 Å². The van der Waals surface area contributed by atoms with Gasteiger partial charge < -0.3 is 10.1 Å². The summed E-state index contributed by atoms with van der Waals surface area (Å²) in [5.74, 6) is -1.09. The van der Waals surface area contributed by atoms with Gasteiger partial charge in [0, 0.05) is 0 Å². The first kappa shape index (κ1) is 15.2. The fourth-order valence-corrected chi connectivity index (χ4v) is 2.48. The lowest BCUT2D eigenvalue weighted by Crippen LogP contribution is -2.45. The molecular formula is C16H23F2NO. The smallest absolute Gasteiger partial charge is 0.200 e. The summed E-state index contributed by atoms with van der Waals surface area (Å²) >= 11 is 0. The van der Waals surface area contributed by atoms with Crippen molar-refractivity contribution in [2.45, 2.75) is 45.1 Å². The summed E-state index contributed by atoms with van der Waals surface area (Å²) in [6, 6.07) is 4.09. The van der Waals surface area contributed by atoms with Crippen molar-refractivity contribution in [3.8, 4) is 5.75 Å². The first-order valence-corrected chi connectivity index (χ1v) is 7.36. The van der Waals surface area contributed by atoms with Gasteiger partial charge in [-0.1, -0.05) is 19.9 Å². The molecule has 0 atom stereocenters. The first-order chi connectivity index (χ1) is 9.52. The van der Waals surface area contributed by atoms with Gasteiger partial charge in [0.05, 0.1) is 0 Å². The molecule has 1 aliphatic rings. The minimum atomic E-state index is -0.881. The Hall–Kier alpha value is -1.16. The molecule has 0 heterocycles. The zero-order valence-corrected chi connectivity index (χ0v) is 12.2. The van der Waals surface area contributed by atoms with Gasteiger partial charge in [-0.25, -0.2) is 4.39 Å². The maximum Gasteiger partial charge on any atom is 0.200 e. The number of hydrogen-bond acceptors (Lipinski definition) is 2. The average molecular weight is 283 g/mol. The van der Waals surface area contributed by atoms with Crippen LogP contribution in [0.15, 0.2) is 18.2 Å². The molecule has 2 nitrogen and oxygen atoms in total. The van der Waals surface area contributed by atoms with Crippen molar-refractivity contribution in [2.24, 2.45) is 5.92 Å². The Kier molecular flexibility index (Phi) is 4.97. The summed E-state index contributed by atoms with van der Waals surface area (Å²) in [5.41, 5.74) is -0.321. The Morgan fingerprint density at radius 2 is 2.05 bits per heavy atom. The van der Waals surface area contributed by atoms with Crippen molar-refractivity contribution in [2.75, 3.05) is 13.1 Å². The second-order valence-electron chi connectivity index (χ2n) is 6.04. The lowest BCUT2D eigenvalue weighted by molar-refractivity contribution is -0.0176. The minimum absolute atomic E-state index is 0.0357. The zero-order chi connectivity index (χ0) is 14.6. The molecule has 2 rings (SSSR count). The van der Waals surface area contributed by atoms with E-state index in [2.05, 4.69) is 19.2 Å². The molecule has 4 heteroatoms. The Balaban J connectivity index is 1.92. The van der Waals surface area contributed by atoms with Crippen molar-refractivity contribution >= 4 is 0 Å². The molecule has 0 aromatic heterocycles. The largest absolute Gasteiger partial charge is 0.484 e. The fraction of sp³-hybridized carbons (Fsp3) is 0.625. The molecule has 1 aliphatic carbocycles. The van der Waals surface area contributed by atoms with Crippen LogP contribution >= 0.6 is 0 Å². The molecule has 20 heavy (non-hydrogen) atoms. The molecule has 0 saturated heterocycles. The standard InChI is InChI=1S/C16H23F2NO/c1-12(2)11-19-10-9-16(7-4-8-16)20-14-6-3-5-13(17)15(14)18/h3,5-6,12,19H,4,7-11H2,1-2H3. The Bertz CT molecular complexity index is 444. The number of benzene rings is 1. The van der Waals surface area contributed by atoms with Gasteiger partial charge in [-0.2, -0.15) is 4.39 Å². The van der Waals surface area contributed by atoms with E-state index in [4.69, 9.17) is 4.74 Å². The quantitative estimate of drug-likeness (QED) is 0.766.